The van der Waals surface area contributed by atoms with E-state index in [2.05, 4.69) is 26.1 Å². The summed E-state index contributed by atoms with van der Waals surface area (Å²) < 4.78 is 11.6. The van der Waals surface area contributed by atoms with Gasteiger partial charge in [-0.05, 0) is 29.5 Å². The molecule has 0 heterocycles. The summed E-state index contributed by atoms with van der Waals surface area (Å²) in [7, 11) is -3.15. The molecule has 0 aromatic heterocycles. The Labute approximate surface area is 147 Å². The van der Waals surface area contributed by atoms with Gasteiger partial charge >= 0.3 is 11.9 Å². The van der Waals surface area contributed by atoms with Crippen molar-refractivity contribution in [2.24, 2.45) is 5.92 Å². The first-order valence-electron chi connectivity index (χ1n) is 8.04. The van der Waals surface area contributed by atoms with Crippen molar-refractivity contribution in [3.05, 3.63) is 29.8 Å². The van der Waals surface area contributed by atoms with E-state index in [1.165, 1.54) is 0 Å². The molecule has 0 fully saturated rings. The molecule has 8 heteroatoms. The molecule has 0 radical (unpaired) electrons. The Kier molecular flexibility index (Phi) is 7.64. The molecule has 1 rings (SSSR count). The van der Waals surface area contributed by atoms with Gasteiger partial charge in [0, 0.05) is 18.7 Å². The third-order valence-electron chi connectivity index (χ3n) is 4.07. The summed E-state index contributed by atoms with van der Waals surface area (Å²) >= 11 is 0. The van der Waals surface area contributed by atoms with Crippen LogP contribution >= 0.6 is 8.03 Å². The van der Waals surface area contributed by atoms with Crippen molar-refractivity contribution in [1.29, 1.82) is 0 Å². The van der Waals surface area contributed by atoms with Crippen LogP contribution in [-0.4, -0.2) is 39.2 Å². The van der Waals surface area contributed by atoms with E-state index < -0.39 is 31.5 Å². The summed E-state index contributed by atoms with van der Waals surface area (Å²) in [4.78, 5) is 31.6. The number of nitrogens with one attached hydrogen (secondary N) is 1. The summed E-state index contributed by atoms with van der Waals surface area (Å²) in [5.74, 6) is -3.58. The topological polar surface area (TPSA) is 124 Å². The van der Waals surface area contributed by atoms with Crippen molar-refractivity contribution >= 4 is 25.7 Å². The standard InChI is InChI=1S/C17H26NO6P/c1-17(2,3)11-4-6-12(7-5-11)18-10-14(25(23)24)13(16(21)22)8-9-15(19)20/h4-7,13-14,18,25H,8-10H2,1-3H3,(H,19,20)(H,21,22)(H,23,24). The van der Waals surface area contributed by atoms with E-state index in [9.17, 15) is 24.2 Å². The molecule has 0 saturated carbocycles. The highest BCUT2D eigenvalue weighted by atomic mass is 31.1. The van der Waals surface area contributed by atoms with E-state index in [0.717, 1.165) is 5.56 Å². The Bertz CT molecular complexity index is 623. The van der Waals surface area contributed by atoms with E-state index in [1.807, 2.05) is 24.3 Å². The summed E-state index contributed by atoms with van der Waals surface area (Å²) in [6, 6.07) is 7.55. The van der Waals surface area contributed by atoms with Gasteiger partial charge < -0.3 is 20.4 Å². The second-order valence-corrected chi connectivity index (χ2v) is 8.45. The highest BCUT2D eigenvalue weighted by molar-refractivity contribution is 7.39. The fourth-order valence-electron chi connectivity index (χ4n) is 2.49. The van der Waals surface area contributed by atoms with Crippen LogP contribution in [0.25, 0.3) is 0 Å². The minimum Gasteiger partial charge on any atom is -0.481 e. The van der Waals surface area contributed by atoms with E-state index in [0.29, 0.717) is 5.69 Å². The largest absolute Gasteiger partial charge is 0.481 e. The van der Waals surface area contributed by atoms with Gasteiger partial charge in [-0.25, -0.2) is 0 Å². The van der Waals surface area contributed by atoms with E-state index in [-0.39, 0.29) is 24.8 Å². The molecule has 0 amide bonds. The number of aliphatic carboxylic acids is 2. The van der Waals surface area contributed by atoms with Gasteiger partial charge in [-0.15, -0.1) is 0 Å². The molecular formula is C17H26NO6P. The SMILES string of the molecule is CC(C)(C)c1ccc(NCC(C(CCC(=O)O)C(=O)O)[PH](=O)O)cc1. The van der Waals surface area contributed by atoms with Crippen LogP contribution in [0.4, 0.5) is 5.69 Å². The third-order valence-corrected chi connectivity index (χ3v) is 5.31. The van der Waals surface area contributed by atoms with Crippen LogP contribution in [0.3, 0.4) is 0 Å². The molecular weight excluding hydrogens is 345 g/mol. The Morgan fingerprint density at radius 1 is 1.16 bits per heavy atom. The number of benzene rings is 1. The van der Waals surface area contributed by atoms with E-state index >= 15 is 0 Å². The zero-order valence-corrected chi connectivity index (χ0v) is 15.7. The van der Waals surface area contributed by atoms with Crippen molar-refractivity contribution < 1.29 is 29.3 Å². The van der Waals surface area contributed by atoms with Gasteiger partial charge in [-0.2, -0.15) is 0 Å². The quantitative estimate of drug-likeness (QED) is 0.492. The van der Waals surface area contributed by atoms with Gasteiger partial charge in [-0.1, -0.05) is 32.9 Å². The highest BCUT2D eigenvalue weighted by Gasteiger charge is 2.32. The Morgan fingerprint density at radius 2 is 1.72 bits per heavy atom. The van der Waals surface area contributed by atoms with Crippen molar-refractivity contribution in [1.82, 2.24) is 0 Å². The number of carboxylic acid groups (broad SMARTS) is 2. The number of carboxylic acids is 2. The molecule has 1 aromatic rings. The maximum Gasteiger partial charge on any atom is 0.307 e. The minimum atomic E-state index is -3.15. The number of anilines is 1. The van der Waals surface area contributed by atoms with Crippen LogP contribution in [0.5, 0.6) is 0 Å². The van der Waals surface area contributed by atoms with Crippen LogP contribution in [0.1, 0.15) is 39.2 Å². The fraction of sp³-hybridized carbons (Fsp3) is 0.529. The van der Waals surface area contributed by atoms with Crippen LogP contribution in [0.15, 0.2) is 24.3 Å². The van der Waals surface area contributed by atoms with Crippen molar-refractivity contribution in [2.75, 3.05) is 11.9 Å². The van der Waals surface area contributed by atoms with Gasteiger partial charge in [0.15, 0.2) is 8.03 Å². The predicted molar refractivity (Wildman–Crippen MR) is 96.6 cm³/mol. The van der Waals surface area contributed by atoms with E-state index in [4.69, 9.17) is 5.11 Å². The average Bonchev–Trinajstić information content (AvgIpc) is 2.49. The first-order valence-corrected chi connectivity index (χ1v) is 9.47. The third kappa shape index (κ3) is 6.88. The monoisotopic (exact) mass is 371 g/mol. The number of hydrogen-bond donors (Lipinski definition) is 4. The maximum absolute atomic E-state index is 11.6. The summed E-state index contributed by atoms with van der Waals surface area (Å²) in [5, 5.41) is 21.0. The maximum atomic E-state index is 11.6. The summed E-state index contributed by atoms with van der Waals surface area (Å²) in [6.45, 7) is 6.25. The van der Waals surface area contributed by atoms with Crippen molar-refractivity contribution in [2.45, 2.75) is 44.7 Å². The van der Waals surface area contributed by atoms with Crippen LogP contribution in [-0.2, 0) is 19.6 Å². The Balaban J connectivity index is 2.81. The molecule has 0 saturated heterocycles. The molecule has 4 N–H and O–H groups in total. The number of hydrogen-bond acceptors (Lipinski definition) is 4. The fourth-order valence-corrected chi connectivity index (χ4v) is 3.42. The van der Waals surface area contributed by atoms with Crippen LogP contribution in [0.2, 0.25) is 0 Å². The number of carbonyl (C=O) groups is 2. The molecule has 1 aromatic carbocycles. The Hall–Kier alpha value is -1.85. The normalized spacial score (nSPS) is 15.2. The molecule has 25 heavy (non-hydrogen) atoms. The Morgan fingerprint density at radius 3 is 2.12 bits per heavy atom. The first kappa shape index (κ1) is 21.2. The van der Waals surface area contributed by atoms with Gasteiger partial charge in [0.05, 0.1) is 11.6 Å². The minimum absolute atomic E-state index is 0.00256. The van der Waals surface area contributed by atoms with Gasteiger partial charge in [-0.3, -0.25) is 14.2 Å². The molecule has 0 aliphatic rings. The average molecular weight is 371 g/mol. The molecule has 3 unspecified atom stereocenters. The molecule has 0 aliphatic carbocycles. The summed E-state index contributed by atoms with van der Waals surface area (Å²) in [6.07, 6.45) is -0.542. The lowest BCUT2D eigenvalue weighted by Gasteiger charge is -2.23. The molecule has 3 atom stereocenters. The zero-order chi connectivity index (χ0) is 19.2. The van der Waals surface area contributed by atoms with Gasteiger partial charge in [0.1, 0.15) is 0 Å². The second-order valence-electron chi connectivity index (χ2n) is 7.03. The number of rotatable bonds is 9. The van der Waals surface area contributed by atoms with Crippen LogP contribution < -0.4 is 5.32 Å². The zero-order valence-electron chi connectivity index (χ0n) is 14.7. The van der Waals surface area contributed by atoms with Crippen LogP contribution in [0, 0.1) is 5.92 Å². The predicted octanol–water partition coefficient (Wildman–Crippen LogP) is 2.80. The molecule has 0 aliphatic heterocycles. The highest BCUT2D eigenvalue weighted by Crippen LogP contribution is 2.32. The summed E-state index contributed by atoms with van der Waals surface area (Å²) in [5.41, 5.74) is 0.811. The lowest BCUT2D eigenvalue weighted by atomic mass is 9.87. The van der Waals surface area contributed by atoms with E-state index in [1.54, 1.807) is 0 Å². The smallest absolute Gasteiger partial charge is 0.307 e. The van der Waals surface area contributed by atoms with Gasteiger partial charge in [0.25, 0.3) is 0 Å². The van der Waals surface area contributed by atoms with Gasteiger partial charge in [0.2, 0.25) is 0 Å². The van der Waals surface area contributed by atoms with Crippen molar-refractivity contribution in [3.63, 3.8) is 0 Å². The lowest BCUT2D eigenvalue weighted by molar-refractivity contribution is -0.142. The molecule has 0 bridgehead atoms. The second kappa shape index (κ2) is 9.02. The molecule has 7 nitrogen and oxygen atoms in total. The van der Waals surface area contributed by atoms with Crippen molar-refractivity contribution in [3.8, 4) is 0 Å². The first-order chi connectivity index (χ1) is 11.5. The lowest BCUT2D eigenvalue weighted by Crippen LogP contribution is -2.32. The molecule has 140 valence electrons. The molecule has 0 spiro atoms.